The average Bonchev–Trinajstić information content (AvgIpc) is 3.02. The normalized spacial score (nSPS) is 6.26. The van der Waals surface area contributed by atoms with Gasteiger partial charge in [0, 0.05) is 0 Å². The van der Waals surface area contributed by atoms with Crippen LogP contribution in [-0.2, 0) is 39.0 Å². The van der Waals surface area contributed by atoms with E-state index >= 15 is 0 Å². The van der Waals surface area contributed by atoms with Crippen molar-refractivity contribution >= 4 is 12.6 Å². The van der Waals surface area contributed by atoms with Gasteiger partial charge in [0.1, 0.15) is 0 Å². The maximum Gasteiger partial charge on any atom is 2.00 e. The van der Waals surface area contributed by atoms with Crippen LogP contribution < -0.4 is 0 Å². The summed E-state index contributed by atoms with van der Waals surface area (Å²) in [4.78, 5) is 0.717. The van der Waals surface area contributed by atoms with Crippen molar-refractivity contribution in [2.24, 2.45) is 0 Å². The van der Waals surface area contributed by atoms with E-state index in [0.29, 0.717) is 10.5 Å². The van der Waals surface area contributed by atoms with E-state index in [1.807, 2.05) is 36.4 Å². The molecule has 96 valence electrons. The number of nitriles is 1. The summed E-state index contributed by atoms with van der Waals surface area (Å²) in [5, 5.41) is 8.37. The molecule has 0 saturated heterocycles. The predicted molar refractivity (Wildman–Crippen MR) is 66.7 cm³/mol. The molecule has 0 aliphatic rings. The van der Waals surface area contributed by atoms with E-state index in [-0.39, 0.29) is 17.1 Å². The minimum atomic E-state index is 0. The van der Waals surface area contributed by atoms with Crippen LogP contribution in [0.25, 0.3) is 0 Å². The van der Waals surface area contributed by atoms with Gasteiger partial charge in [-0.25, -0.2) is 12.1 Å². The van der Waals surface area contributed by atoms with E-state index < -0.39 is 0 Å². The van der Waals surface area contributed by atoms with E-state index in [0.717, 1.165) is 0 Å². The van der Waals surface area contributed by atoms with Gasteiger partial charge in [-0.2, -0.15) is 28.4 Å². The first-order valence-electron chi connectivity index (χ1n) is 4.57. The summed E-state index contributed by atoms with van der Waals surface area (Å²) in [6.07, 6.45) is 0. The summed E-state index contributed by atoms with van der Waals surface area (Å²) in [5.74, 6) is 0. The van der Waals surface area contributed by atoms with E-state index in [9.17, 15) is 0 Å². The second-order valence-electron chi connectivity index (χ2n) is 2.60. The fraction of sp³-hybridized carbons (Fsp3) is 0. The second-order valence-corrected chi connectivity index (χ2v) is 3.07. The molecule has 0 saturated carbocycles. The van der Waals surface area contributed by atoms with Crippen molar-refractivity contribution < 1.29 is 26.4 Å². The van der Waals surface area contributed by atoms with E-state index in [2.05, 4.69) is 13.3 Å². The molecular formula is C14H9FeNO2S. The third-order valence-electron chi connectivity index (χ3n) is 1.52. The molecule has 0 bridgehead atoms. The summed E-state index contributed by atoms with van der Waals surface area (Å²) in [6, 6.07) is 19.0. The molecule has 0 spiro atoms. The van der Waals surface area contributed by atoms with Gasteiger partial charge in [-0.05, 0) is 6.07 Å². The topological polar surface area (TPSA) is 63.6 Å². The van der Waals surface area contributed by atoms with Gasteiger partial charge in [0.15, 0.2) is 0 Å². The Balaban J connectivity index is -0.000000220. The largest absolute Gasteiger partial charge is 2.00 e. The van der Waals surface area contributed by atoms with Crippen LogP contribution in [0.3, 0.4) is 0 Å². The molecule has 2 aromatic rings. The quantitative estimate of drug-likeness (QED) is 0.325. The minimum Gasteiger partial charge on any atom is -0.214 e. The van der Waals surface area contributed by atoms with Gasteiger partial charge in [0.25, 0.3) is 0 Å². The first-order valence-corrected chi connectivity index (χ1v) is 4.98. The average molecular weight is 311 g/mol. The van der Waals surface area contributed by atoms with Crippen molar-refractivity contribution in [3.8, 4) is 6.07 Å². The van der Waals surface area contributed by atoms with Crippen molar-refractivity contribution in [1.29, 1.82) is 5.26 Å². The van der Waals surface area contributed by atoms with Crippen LogP contribution in [0.15, 0.2) is 59.5 Å². The van der Waals surface area contributed by atoms with Gasteiger partial charge in [-0.1, -0.05) is 18.2 Å². The second kappa shape index (κ2) is 18.6. The molecule has 0 aromatic heterocycles. The Bertz CT molecular complexity index is 464. The maximum absolute atomic E-state index is 8.37. The zero-order valence-corrected chi connectivity index (χ0v) is 11.6. The van der Waals surface area contributed by atoms with E-state index in [1.54, 1.807) is 24.3 Å². The van der Waals surface area contributed by atoms with Crippen LogP contribution in [0.1, 0.15) is 5.56 Å². The molecule has 3 nitrogen and oxygen atoms in total. The molecule has 2 aromatic carbocycles. The Kier molecular flexibility index (Phi) is 22.0. The fourth-order valence-corrected chi connectivity index (χ4v) is 1.09. The van der Waals surface area contributed by atoms with Gasteiger partial charge < -0.3 is 12.6 Å². The molecule has 0 radical (unpaired) electrons. The fourth-order valence-electron chi connectivity index (χ4n) is 0.886. The van der Waals surface area contributed by atoms with Crippen LogP contribution >= 0.6 is 0 Å². The monoisotopic (exact) mass is 311 g/mol. The van der Waals surface area contributed by atoms with Crippen LogP contribution in [0, 0.1) is 24.6 Å². The minimum absolute atomic E-state index is 0. The Morgan fingerprint density at radius 2 is 1.58 bits per heavy atom. The van der Waals surface area contributed by atoms with Gasteiger partial charge in [0.2, 0.25) is 0 Å². The molecule has 0 unspecified atom stereocenters. The van der Waals surface area contributed by atoms with Crippen LogP contribution in [0.5, 0.6) is 0 Å². The van der Waals surface area contributed by atoms with Crippen molar-refractivity contribution in [3.63, 3.8) is 0 Å². The van der Waals surface area contributed by atoms with Crippen molar-refractivity contribution in [1.82, 2.24) is 0 Å². The molecule has 5 heteroatoms. The smallest absolute Gasteiger partial charge is 0.214 e. The molecule has 0 amide bonds. The Morgan fingerprint density at radius 1 is 1.05 bits per heavy atom. The van der Waals surface area contributed by atoms with Gasteiger partial charge >= 0.3 is 39.7 Å². The van der Waals surface area contributed by atoms with Gasteiger partial charge in [-0.3, -0.25) is 0 Å². The third-order valence-corrected chi connectivity index (χ3v) is 1.77. The molecule has 0 atom stereocenters. The number of nitrogens with zero attached hydrogens (tertiary/aromatic N) is 1. The Morgan fingerprint density at radius 3 is 1.84 bits per heavy atom. The van der Waals surface area contributed by atoms with Crippen LogP contribution in [-0.4, -0.2) is 0 Å². The summed E-state index contributed by atoms with van der Waals surface area (Å²) in [7, 11) is 0. The number of rotatable bonds is 0. The first-order chi connectivity index (χ1) is 8.83. The van der Waals surface area contributed by atoms with Gasteiger partial charge in [-0.15, -0.1) is 0 Å². The molecule has 0 heterocycles. The first kappa shape index (κ1) is 22.5. The molecule has 2 rings (SSSR count). The zero-order valence-electron chi connectivity index (χ0n) is 9.72. The molecule has 19 heavy (non-hydrogen) atoms. The molecule has 0 fully saturated rings. The number of hydrogen-bond acceptors (Lipinski definition) is 2. The van der Waals surface area contributed by atoms with Crippen molar-refractivity contribution in [2.45, 2.75) is 4.90 Å². The molecule has 0 aliphatic heterocycles. The number of hydrogen-bond donors (Lipinski definition) is 0. The Labute approximate surface area is 128 Å². The maximum atomic E-state index is 8.37. The SMILES string of the molecule is N#Cc1cccc([S-])c1.[C-]#[O+].[C-]#[O+].[Fe+2].c1cc[cH-]c1. The molecular weight excluding hydrogens is 302 g/mol. The molecule has 0 aliphatic carbocycles. The van der Waals surface area contributed by atoms with E-state index in [4.69, 9.17) is 27.2 Å². The van der Waals surface area contributed by atoms with E-state index in [1.165, 1.54) is 0 Å². The van der Waals surface area contributed by atoms with Crippen LogP contribution in [0.2, 0.25) is 0 Å². The van der Waals surface area contributed by atoms with Crippen molar-refractivity contribution in [3.05, 3.63) is 73.5 Å². The standard InChI is InChI=1S/C7H5NS.C5H5.2CO.Fe/c8-5-6-2-1-3-7(9)4-6;1-2-4-5-3-1;2*1-2;/h1-4,9H;1-5H;;;/q;-1;;;+2/p-1. The Hall–Kier alpha value is -1.72. The number of benzene rings is 1. The van der Waals surface area contributed by atoms with Crippen LogP contribution in [0.4, 0.5) is 0 Å². The predicted octanol–water partition coefficient (Wildman–Crippen LogP) is 2.79. The van der Waals surface area contributed by atoms with Crippen molar-refractivity contribution in [2.75, 3.05) is 0 Å². The summed E-state index contributed by atoms with van der Waals surface area (Å²) in [5.41, 5.74) is 0.627. The summed E-state index contributed by atoms with van der Waals surface area (Å²) < 4.78 is 15.0. The summed E-state index contributed by atoms with van der Waals surface area (Å²) in [6.45, 7) is 9.00. The zero-order chi connectivity index (χ0) is 14.2. The van der Waals surface area contributed by atoms with Gasteiger partial charge in [0.05, 0.1) is 11.6 Å². The summed E-state index contributed by atoms with van der Waals surface area (Å²) >= 11 is 4.81. The third kappa shape index (κ3) is 14.2. The molecule has 0 N–H and O–H groups in total.